The molecule has 2 saturated heterocycles. The van der Waals surface area contributed by atoms with Crippen molar-refractivity contribution in [2.75, 3.05) is 24.6 Å². The molecule has 1 aromatic rings. The van der Waals surface area contributed by atoms with Gasteiger partial charge in [0.2, 0.25) is 5.91 Å². The molecule has 1 N–H and O–H groups in total. The van der Waals surface area contributed by atoms with Crippen LogP contribution in [0.25, 0.3) is 0 Å². The molecule has 136 valence electrons. The second kappa shape index (κ2) is 7.28. The maximum atomic E-state index is 12.9. The summed E-state index contributed by atoms with van der Waals surface area (Å²) in [6.45, 7) is 4.39. The number of anilines is 1. The fraction of sp³-hybridized carbons (Fsp3) is 0.737. The third-order valence-corrected chi connectivity index (χ3v) is 6.02. The first kappa shape index (κ1) is 16.8. The van der Waals surface area contributed by atoms with E-state index in [-0.39, 0.29) is 23.8 Å². The molecule has 0 aromatic carbocycles. The van der Waals surface area contributed by atoms with Gasteiger partial charge in [0.1, 0.15) is 0 Å². The molecule has 2 aliphatic heterocycles. The Morgan fingerprint density at radius 2 is 2.04 bits per heavy atom. The Morgan fingerprint density at radius 1 is 1.20 bits per heavy atom. The SMILES string of the molecule is Cc1ccc(N2CC[C@H]3OCC[C@@H](C(=O)NC4CCCC4)[C@@H]3C2)nn1. The third-order valence-electron chi connectivity index (χ3n) is 6.02. The van der Waals surface area contributed by atoms with Gasteiger partial charge in [-0.05, 0) is 44.7 Å². The van der Waals surface area contributed by atoms with Gasteiger partial charge in [0.15, 0.2) is 5.82 Å². The molecule has 3 fully saturated rings. The van der Waals surface area contributed by atoms with E-state index < -0.39 is 0 Å². The topological polar surface area (TPSA) is 67.3 Å². The van der Waals surface area contributed by atoms with Crippen LogP contribution in [0.2, 0.25) is 0 Å². The van der Waals surface area contributed by atoms with E-state index in [0.717, 1.165) is 50.3 Å². The highest BCUT2D eigenvalue weighted by atomic mass is 16.5. The molecule has 0 unspecified atom stereocenters. The Balaban J connectivity index is 1.45. The molecule has 25 heavy (non-hydrogen) atoms. The standard InChI is InChI=1S/C19H28N4O2/c1-13-6-7-18(22-21-13)23-10-8-17-16(12-23)15(9-11-25-17)19(24)20-14-4-2-3-5-14/h6-7,14-17H,2-5,8-12H2,1H3,(H,20,24)/t15-,16+,17-/m1/s1. The lowest BCUT2D eigenvalue weighted by atomic mass is 9.79. The normalized spacial score (nSPS) is 30.1. The van der Waals surface area contributed by atoms with Gasteiger partial charge in [0.25, 0.3) is 0 Å². The van der Waals surface area contributed by atoms with E-state index in [1.807, 2.05) is 19.1 Å². The molecule has 6 heteroatoms. The number of carbonyl (C=O) groups excluding carboxylic acids is 1. The van der Waals surface area contributed by atoms with Crippen molar-refractivity contribution in [3.05, 3.63) is 17.8 Å². The molecule has 3 atom stereocenters. The van der Waals surface area contributed by atoms with Crippen LogP contribution in [0, 0.1) is 18.8 Å². The zero-order chi connectivity index (χ0) is 17.2. The number of hydrogen-bond acceptors (Lipinski definition) is 5. The van der Waals surface area contributed by atoms with Crippen LogP contribution in [0.5, 0.6) is 0 Å². The first-order valence-electron chi connectivity index (χ1n) is 9.68. The quantitative estimate of drug-likeness (QED) is 0.909. The Bertz CT molecular complexity index is 600. The average molecular weight is 344 g/mol. The largest absolute Gasteiger partial charge is 0.378 e. The second-order valence-corrected chi connectivity index (χ2v) is 7.73. The number of aromatic nitrogens is 2. The van der Waals surface area contributed by atoms with Crippen LogP contribution >= 0.6 is 0 Å². The number of fused-ring (bicyclic) bond motifs is 1. The van der Waals surface area contributed by atoms with Gasteiger partial charge < -0.3 is 15.0 Å². The minimum atomic E-state index is 0.0561. The lowest BCUT2D eigenvalue weighted by molar-refractivity contribution is -0.137. The predicted molar refractivity (Wildman–Crippen MR) is 95.3 cm³/mol. The number of rotatable bonds is 3. The van der Waals surface area contributed by atoms with Gasteiger partial charge in [-0.1, -0.05) is 12.8 Å². The highest BCUT2D eigenvalue weighted by molar-refractivity contribution is 5.79. The molecule has 1 saturated carbocycles. The molecular formula is C19H28N4O2. The first-order valence-corrected chi connectivity index (χ1v) is 9.68. The number of aryl methyl sites for hydroxylation is 1. The molecule has 1 aliphatic carbocycles. The average Bonchev–Trinajstić information content (AvgIpc) is 3.14. The first-order chi connectivity index (χ1) is 12.2. The van der Waals surface area contributed by atoms with Gasteiger partial charge in [0.05, 0.1) is 11.8 Å². The number of ether oxygens (including phenoxy) is 1. The van der Waals surface area contributed by atoms with E-state index in [0.29, 0.717) is 12.6 Å². The number of piperidine rings is 1. The van der Waals surface area contributed by atoms with Gasteiger partial charge in [-0.3, -0.25) is 4.79 Å². The minimum absolute atomic E-state index is 0.0561. The van der Waals surface area contributed by atoms with Gasteiger partial charge in [0, 0.05) is 37.6 Å². The molecule has 1 amide bonds. The van der Waals surface area contributed by atoms with Gasteiger partial charge in [-0.2, -0.15) is 5.10 Å². The third kappa shape index (κ3) is 3.64. The molecule has 0 bridgehead atoms. The Labute approximate surface area is 149 Å². The van der Waals surface area contributed by atoms with Crippen LogP contribution < -0.4 is 10.2 Å². The smallest absolute Gasteiger partial charge is 0.223 e. The summed E-state index contributed by atoms with van der Waals surface area (Å²) in [5.74, 6) is 1.44. The molecule has 4 rings (SSSR count). The van der Waals surface area contributed by atoms with Crippen LogP contribution in [0.3, 0.4) is 0 Å². The number of nitrogens with zero attached hydrogens (tertiary/aromatic N) is 3. The van der Waals surface area contributed by atoms with E-state index in [1.165, 1.54) is 12.8 Å². The van der Waals surface area contributed by atoms with Crippen molar-refractivity contribution in [2.24, 2.45) is 11.8 Å². The van der Waals surface area contributed by atoms with Gasteiger partial charge in [-0.15, -0.1) is 5.10 Å². The van der Waals surface area contributed by atoms with E-state index in [1.54, 1.807) is 0 Å². The molecular weight excluding hydrogens is 316 g/mol. The summed E-state index contributed by atoms with van der Waals surface area (Å²) >= 11 is 0. The molecule has 3 aliphatic rings. The van der Waals surface area contributed by atoms with Crippen molar-refractivity contribution in [3.8, 4) is 0 Å². The van der Waals surface area contributed by atoms with Gasteiger partial charge in [-0.25, -0.2) is 0 Å². The molecule has 6 nitrogen and oxygen atoms in total. The highest BCUT2D eigenvalue weighted by Crippen LogP contribution is 2.35. The van der Waals surface area contributed by atoms with Crippen molar-refractivity contribution >= 4 is 11.7 Å². The van der Waals surface area contributed by atoms with E-state index in [4.69, 9.17) is 4.74 Å². The van der Waals surface area contributed by atoms with Crippen molar-refractivity contribution in [2.45, 2.75) is 57.6 Å². The molecule has 0 radical (unpaired) electrons. The van der Waals surface area contributed by atoms with Crippen molar-refractivity contribution in [1.82, 2.24) is 15.5 Å². The van der Waals surface area contributed by atoms with Crippen LogP contribution in [0.15, 0.2) is 12.1 Å². The second-order valence-electron chi connectivity index (χ2n) is 7.73. The van der Waals surface area contributed by atoms with Crippen LogP contribution in [0.1, 0.15) is 44.2 Å². The lowest BCUT2D eigenvalue weighted by Crippen LogP contribution is -2.54. The molecule has 3 heterocycles. The van der Waals surface area contributed by atoms with E-state index in [2.05, 4.69) is 20.4 Å². The summed E-state index contributed by atoms with van der Waals surface area (Å²) in [5.41, 5.74) is 0.924. The maximum Gasteiger partial charge on any atom is 0.223 e. The summed E-state index contributed by atoms with van der Waals surface area (Å²) < 4.78 is 5.99. The number of amides is 1. The monoisotopic (exact) mass is 344 g/mol. The Morgan fingerprint density at radius 3 is 2.80 bits per heavy atom. The van der Waals surface area contributed by atoms with Crippen molar-refractivity contribution < 1.29 is 9.53 Å². The fourth-order valence-electron chi connectivity index (χ4n) is 4.59. The lowest BCUT2D eigenvalue weighted by Gasteiger charge is -2.45. The zero-order valence-corrected chi connectivity index (χ0v) is 15.0. The molecule has 0 spiro atoms. The molecule has 1 aromatic heterocycles. The Kier molecular flexibility index (Phi) is 4.88. The summed E-state index contributed by atoms with van der Waals surface area (Å²) in [6, 6.07) is 4.41. The highest BCUT2D eigenvalue weighted by Gasteiger charge is 2.42. The van der Waals surface area contributed by atoms with Crippen molar-refractivity contribution in [1.29, 1.82) is 0 Å². The summed E-state index contributed by atoms with van der Waals surface area (Å²) in [4.78, 5) is 15.1. The van der Waals surface area contributed by atoms with Crippen LogP contribution in [-0.4, -0.2) is 47.9 Å². The zero-order valence-electron chi connectivity index (χ0n) is 15.0. The summed E-state index contributed by atoms with van der Waals surface area (Å²) in [7, 11) is 0. The Hall–Kier alpha value is -1.69. The van der Waals surface area contributed by atoms with Crippen LogP contribution in [0.4, 0.5) is 5.82 Å². The van der Waals surface area contributed by atoms with Crippen LogP contribution in [-0.2, 0) is 9.53 Å². The minimum Gasteiger partial charge on any atom is -0.378 e. The number of nitrogens with one attached hydrogen (secondary N) is 1. The number of carbonyl (C=O) groups is 1. The fourth-order valence-corrected chi connectivity index (χ4v) is 4.59. The number of hydrogen-bond donors (Lipinski definition) is 1. The summed E-state index contributed by atoms with van der Waals surface area (Å²) in [5, 5.41) is 11.8. The van der Waals surface area contributed by atoms with Gasteiger partial charge >= 0.3 is 0 Å². The van der Waals surface area contributed by atoms with E-state index in [9.17, 15) is 4.79 Å². The van der Waals surface area contributed by atoms with Crippen molar-refractivity contribution in [3.63, 3.8) is 0 Å². The summed E-state index contributed by atoms with van der Waals surface area (Å²) in [6.07, 6.45) is 6.72. The predicted octanol–water partition coefficient (Wildman–Crippen LogP) is 2.08. The van der Waals surface area contributed by atoms with E-state index >= 15 is 0 Å². The maximum absolute atomic E-state index is 12.9.